The third kappa shape index (κ3) is 5.75. The Morgan fingerprint density at radius 2 is 1.58 bits per heavy atom. The molecule has 0 aliphatic carbocycles. The van der Waals surface area contributed by atoms with E-state index < -0.39 is 0 Å². The monoisotopic (exact) mass is 260 g/mol. The lowest BCUT2D eigenvalue weighted by molar-refractivity contribution is 0.230. The molecule has 1 atom stereocenters. The van der Waals surface area contributed by atoms with E-state index in [4.69, 9.17) is 5.73 Å². The highest BCUT2D eigenvalue weighted by Gasteiger charge is 2.12. The minimum Gasteiger partial charge on any atom is -0.327 e. The lowest BCUT2D eigenvalue weighted by atomic mass is 10.0. The Labute approximate surface area is 118 Å². The van der Waals surface area contributed by atoms with Crippen molar-refractivity contribution in [3.05, 3.63) is 35.9 Å². The van der Waals surface area contributed by atoms with Gasteiger partial charge >= 0.3 is 0 Å². The molecular formula is C17H28N2. The second-order valence-electron chi connectivity index (χ2n) is 5.85. The van der Waals surface area contributed by atoms with Crippen molar-refractivity contribution in [2.24, 2.45) is 5.73 Å². The van der Waals surface area contributed by atoms with Crippen LogP contribution in [0.15, 0.2) is 30.3 Å². The van der Waals surface area contributed by atoms with Gasteiger partial charge in [-0.25, -0.2) is 0 Å². The summed E-state index contributed by atoms with van der Waals surface area (Å²) in [6.07, 6.45) is 9.13. The van der Waals surface area contributed by atoms with E-state index in [-0.39, 0.29) is 0 Å². The van der Waals surface area contributed by atoms with Gasteiger partial charge in [-0.05, 0) is 44.3 Å². The van der Waals surface area contributed by atoms with Crippen LogP contribution in [0.4, 0.5) is 0 Å². The number of hydrogen-bond donors (Lipinski definition) is 1. The molecule has 1 heterocycles. The Morgan fingerprint density at radius 3 is 2.26 bits per heavy atom. The normalized spacial score (nSPS) is 19.6. The van der Waals surface area contributed by atoms with Crippen LogP contribution in [-0.2, 0) is 6.42 Å². The quantitative estimate of drug-likeness (QED) is 0.881. The molecule has 0 bridgehead atoms. The van der Waals surface area contributed by atoms with Crippen LogP contribution < -0.4 is 5.73 Å². The first kappa shape index (κ1) is 14.5. The highest BCUT2D eigenvalue weighted by molar-refractivity contribution is 5.14. The number of nitrogens with zero attached hydrogens (tertiary/aromatic N) is 1. The van der Waals surface area contributed by atoms with Crippen molar-refractivity contribution in [1.29, 1.82) is 0 Å². The highest BCUT2D eigenvalue weighted by Crippen LogP contribution is 2.11. The van der Waals surface area contributed by atoms with Crippen molar-refractivity contribution in [1.82, 2.24) is 4.90 Å². The topological polar surface area (TPSA) is 29.3 Å². The molecule has 1 aromatic carbocycles. The molecule has 1 aliphatic rings. The van der Waals surface area contributed by atoms with Crippen molar-refractivity contribution in [3.8, 4) is 0 Å². The standard InChI is InChI=1S/C17H28N2/c18-17(12-11-16-9-5-4-6-10-16)15-19-13-7-2-1-3-8-14-19/h4-6,9-10,17H,1-3,7-8,11-15,18H2. The van der Waals surface area contributed by atoms with Crippen molar-refractivity contribution in [3.63, 3.8) is 0 Å². The van der Waals surface area contributed by atoms with E-state index in [9.17, 15) is 0 Å². The first-order valence-corrected chi connectivity index (χ1v) is 7.86. The van der Waals surface area contributed by atoms with Gasteiger partial charge in [0.25, 0.3) is 0 Å². The Hall–Kier alpha value is -0.860. The maximum absolute atomic E-state index is 6.30. The molecule has 1 saturated heterocycles. The van der Waals surface area contributed by atoms with Crippen LogP contribution in [-0.4, -0.2) is 30.6 Å². The van der Waals surface area contributed by atoms with E-state index in [2.05, 4.69) is 35.2 Å². The molecular weight excluding hydrogens is 232 g/mol. The van der Waals surface area contributed by atoms with Gasteiger partial charge in [0, 0.05) is 12.6 Å². The molecule has 1 aliphatic heterocycles. The number of aryl methyl sites for hydroxylation is 1. The van der Waals surface area contributed by atoms with Gasteiger partial charge in [-0.15, -0.1) is 0 Å². The molecule has 0 radical (unpaired) electrons. The van der Waals surface area contributed by atoms with Gasteiger partial charge in [0.1, 0.15) is 0 Å². The third-order valence-electron chi connectivity index (χ3n) is 4.09. The van der Waals surface area contributed by atoms with E-state index in [0.29, 0.717) is 6.04 Å². The van der Waals surface area contributed by atoms with E-state index in [1.54, 1.807) is 0 Å². The Balaban J connectivity index is 1.69. The summed E-state index contributed by atoms with van der Waals surface area (Å²) < 4.78 is 0. The van der Waals surface area contributed by atoms with Crippen LogP contribution in [0, 0.1) is 0 Å². The van der Waals surface area contributed by atoms with E-state index in [1.807, 2.05) is 0 Å². The summed E-state index contributed by atoms with van der Waals surface area (Å²) in [6.45, 7) is 3.57. The van der Waals surface area contributed by atoms with Crippen molar-refractivity contribution in [2.75, 3.05) is 19.6 Å². The molecule has 0 aromatic heterocycles. The fourth-order valence-corrected chi connectivity index (χ4v) is 2.92. The summed E-state index contributed by atoms with van der Waals surface area (Å²) >= 11 is 0. The fraction of sp³-hybridized carbons (Fsp3) is 0.647. The number of rotatable bonds is 5. The van der Waals surface area contributed by atoms with Crippen LogP contribution in [0.25, 0.3) is 0 Å². The largest absolute Gasteiger partial charge is 0.327 e. The van der Waals surface area contributed by atoms with E-state index in [1.165, 1.54) is 50.8 Å². The van der Waals surface area contributed by atoms with E-state index in [0.717, 1.165) is 19.4 Å². The average Bonchev–Trinajstić information content (AvgIpc) is 2.41. The first-order valence-electron chi connectivity index (χ1n) is 7.86. The summed E-state index contributed by atoms with van der Waals surface area (Å²) in [5.41, 5.74) is 7.71. The molecule has 2 heteroatoms. The van der Waals surface area contributed by atoms with Crippen LogP contribution in [0.5, 0.6) is 0 Å². The number of likely N-dealkylation sites (tertiary alicyclic amines) is 1. The smallest absolute Gasteiger partial charge is 0.0170 e. The lowest BCUT2D eigenvalue weighted by Gasteiger charge is -2.27. The molecule has 106 valence electrons. The summed E-state index contributed by atoms with van der Waals surface area (Å²) in [6, 6.07) is 11.0. The number of hydrogen-bond acceptors (Lipinski definition) is 2. The molecule has 19 heavy (non-hydrogen) atoms. The molecule has 0 saturated carbocycles. The van der Waals surface area contributed by atoms with Crippen molar-refractivity contribution in [2.45, 2.75) is 51.0 Å². The van der Waals surface area contributed by atoms with Gasteiger partial charge in [0.15, 0.2) is 0 Å². The molecule has 1 unspecified atom stereocenters. The highest BCUT2D eigenvalue weighted by atomic mass is 15.1. The summed E-state index contributed by atoms with van der Waals surface area (Å²) in [7, 11) is 0. The maximum atomic E-state index is 6.30. The van der Waals surface area contributed by atoms with Crippen molar-refractivity contribution >= 4 is 0 Å². The van der Waals surface area contributed by atoms with Crippen LogP contribution >= 0.6 is 0 Å². The summed E-state index contributed by atoms with van der Waals surface area (Å²) in [5, 5.41) is 0. The Kier molecular flexibility index (Phi) is 6.38. The van der Waals surface area contributed by atoms with E-state index >= 15 is 0 Å². The molecule has 2 N–H and O–H groups in total. The molecule has 1 aromatic rings. The van der Waals surface area contributed by atoms with Gasteiger partial charge in [-0.1, -0.05) is 49.6 Å². The van der Waals surface area contributed by atoms with Gasteiger partial charge in [0.05, 0.1) is 0 Å². The second-order valence-corrected chi connectivity index (χ2v) is 5.85. The maximum Gasteiger partial charge on any atom is 0.0170 e. The third-order valence-corrected chi connectivity index (χ3v) is 4.09. The average molecular weight is 260 g/mol. The molecule has 0 spiro atoms. The number of nitrogens with two attached hydrogens (primary N) is 1. The molecule has 0 amide bonds. The van der Waals surface area contributed by atoms with Crippen LogP contribution in [0.3, 0.4) is 0 Å². The number of benzene rings is 1. The van der Waals surface area contributed by atoms with Gasteiger partial charge < -0.3 is 10.6 Å². The summed E-state index contributed by atoms with van der Waals surface area (Å²) in [4.78, 5) is 2.58. The fourth-order valence-electron chi connectivity index (χ4n) is 2.92. The van der Waals surface area contributed by atoms with Crippen molar-refractivity contribution < 1.29 is 0 Å². The minimum atomic E-state index is 0.319. The predicted molar refractivity (Wildman–Crippen MR) is 82.3 cm³/mol. The minimum absolute atomic E-state index is 0.319. The lowest BCUT2D eigenvalue weighted by Crippen LogP contribution is -2.39. The van der Waals surface area contributed by atoms with Crippen LogP contribution in [0.1, 0.15) is 44.1 Å². The van der Waals surface area contributed by atoms with Gasteiger partial charge in [-0.2, -0.15) is 0 Å². The molecule has 2 rings (SSSR count). The first-order chi connectivity index (χ1) is 9.34. The van der Waals surface area contributed by atoms with Gasteiger partial charge in [-0.3, -0.25) is 0 Å². The predicted octanol–water partition coefficient (Wildman–Crippen LogP) is 3.21. The Morgan fingerprint density at radius 1 is 0.947 bits per heavy atom. The van der Waals surface area contributed by atoms with Crippen LogP contribution in [0.2, 0.25) is 0 Å². The summed E-state index contributed by atoms with van der Waals surface area (Å²) in [5.74, 6) is 0. The molecule has 1 fully saturated rings. The zero-order valence-corrected chi connectivity index (χ0v) is 12.1. The SMILES string of the molecule is NC(CCc1ccccc1)CN1CCCCCCC1. The second kappa shape index (κ2) is 8.34. The zero-order chi connectivity index (χ0) is 13.3. The zero-order valence-electron chi connectivity index (χ0n) is 12.1. The molecule has 2 nitrogen and oxygen atoms in total. The van der Waals surface area contributed by atoms with Gasteiger partial charge in [0.2, 0.25) is 0 Å². The Bertz CT molecular complexity index is 328.